The Labute approximate surface area is 86.1 Å². The van der Waals surface area contributed by atoms with Gasteiger partial charge in [-0.05, 0) is 53.7 Å². The normalized spacial score (nSPS) is 19.6. The van der Waals surface area contributed by atoms with Gasteiger partial charge in [-0.25, -0.2) is 4.98 Å². The Morgan fingerprint density at radius 3 is 2.69 bits per heavy atom. The largest absolute Gasteiger partial charge is 0.385 e. The zero-order valence-electron chi connectivity index (χ0n) is 7.55. The number of pyridine rings is 1. The van der Waals surface area contributed by atoms with Crippen LogP contribution in [-0.2, 0) is 5.60 Å². The van der Waals surface area contributed by atoms with Crippen molar-refractivity contribution in [1.82, 2.24) is 4.98 Å². The number of aliphatic hydroxyl groups is 1. The molecule has 0 aliphatic heterocycles. The van der Waals surface area contributed by atoms with Crippen LogP contribution in [0.4, 0.5) is 0 Å². The van der Waals surface area contributed by atoms with Crippen LogP contribution in [0, 0.1) is 6.92 Å². The van der Waals surface area contributed by atoms with Gasteiger partial charge in [0.05, 0.1) is 5.60 Å². The number of aromatic nitrogens is 1. The molecule has 0 bridgehead atoms. The quantitative estimate of drug-likeness (QED) is 0.767. The summed E-state index contributed by atoms with van der Waals surface area (Å²) >= 11 is 3.34. The molecular weight excluding hydrogens is 230 g/mol. The van der Waals surface area contributed by atoms with E-state index in [1.807, 2.05) is 13.0 Å². The zero-order valence-corrected chi connectivity index (χ0v) is 9.13. The maximum absolute atomic E-state index is 10.0. The van der Waals surface area contributed by atoms with Crippen LogP contribution in [0.2, 0.25) is 0 Å². The molecule has 2 nitrogen and oxygen atoms in total. The summed E-state index contributed by atoms with van der Waals surface area (Å²) in [6, 6.07) is 2.01. The van der Waals surface area contributed by atoms with Crippen molar-refractivity contribution in [3.05, 3.63) is 28.0 Å². The summed E-state index contributed by atoms with van der Waals surface area (Å²) in [5.74, 6) is 0. The molecule has 1 aliphatic carbocycles. The van der Waals surface area contributed by atoms with Crippen molar-refractivity contribution in [1.29, 1.82) is 0 Å². The van der Waals surface area contributed by atoms with Gasteiger partial charge < -0.3 is 5.11 Å². The Morgan fingerprint density at radius 2 is 2.23 bits per heavy atom. The first-order valence-electron chi connectivity index (χ1n) is 4.47. The third-order valence-electron chi connectivity index (χ3n) is 2.73. The molecule has 1 fully saturated rings. The minimum absolute atomic E-state index is 0.585. The van der Waals surface area contributed by atoms with Crippen molar-refractivity contribution in [3.8, 4) is 0 Å². The standard InChI is InChI=1S/C10H12BrNO/c1-7-5-8(6-12-9(7)11)10(13)3-2-4-10/h5-6,13H,2-4H2,1H3. The minimum Gasteiger partial charge on any atom is -0.385 e. The highest BCUT2D eigenvalue weighted by atomic mass is 79.9. The Hall–Kier alpha value is -0.410. The van der Waals surface area contributed by atoms with E-state index in [0.29, 0.717) is 0 Å². The van der Waals surface area contributed by atoms with Crippen molar-refractivity contribution in [2.45, 2.75) is 31.8 Å². The van der Waals surface area contributed by atoms with Gasteiger partial charge in [-0.2, -0.15) is 0 Å². The minimum atomic E-state index is -0.585. The molecule has 13 heavy (non-hydrogen) atoms. The first-order chi connectivity index (χ1) is 6.12. The number of halogens is 1. The predicted molar refractivity (Wildman–Crippen MR) is 54.4 cm³/mol. The molecule has 1 aliphatic rings. The summed E-state index contributed by atoms with van der Waals surface area (Å²) in [6.45, 7) is 1.99. The second kappa shape index (κ2) is 3.07. The van der Waals surface area contributed by atoms with Crippen molar-refractivity contribution >= 4 is 15.9 Å². The van der Waals surface area contributed by atoms with Gasteiger partial charge in [0.2, 0.25) is 0 Å². The van der Waals surface area contributed by atoms with Crippen LogP contribution in [-0.4, -0.2) is 10.1 Å². The molecular formula is C10H12BrNO. The summed E-state index contributed by atoms with van der Waals surface area (Å²) in [5.41, 5.74) is 1.45. The highest BCUT2D eigenvalue weighted by Crippen LogP contribution is 2.41. The van der Waals surface area contributed by atoms with Gasteiger partial charge in [0.15, 0.2) is 0 Å². The van der Waals surface area contributed by atoms with Crippen LogP contribution in [0.15, 0.2) is 16.9 Å². The molecule has 70 valence electrons. The van der Waals surface area contributed by atoms with Gasteiger partial charge in [-0.15, -0.1) is 0 Å². The molecule has 1 heterocycles. The number of hydrogen-bond donors (Lipinski definition) is 1. The molecule has 0 unspecified atom stereocenters. The van der Waals surface area contributed by atoms with Gasteiger partial charge >= 0.3 is 0 Å². The van der Waals surface area contributed by atoms with E-state index in [1.165, 1.54) is 0 Å². The van der Waals surface area contributed by atoms with E-state index < -0.39 is 5.60 Å². The highest BCUT2D eigenvalue weighted by Gasteiger charge is 2.36. The third kappa shape index (κ3) is 1.51. The summed E-state index contributed by atoms with van der Waals surface area (Å²) in [5, 5.41) is 10.0. The van der Waals surface area contributed by atoms with Crippen LogP contribution < -0.4 is 0 Å². The Balaban J connectivity index is 2.36. The Bertz CT molecular complexity index is 334. The first kappa shape index (κ1) is 9.16. The van der Waals surface area contributed by atoms with Crippen LogP contribution in [0.3, 0.4) is 0 Å². The van der Waals surface area contributed by atoms with Crippen molar-refractivity contribution in [2.75, 3.05) is 0 Å². The number of rotatable bonds is 1. The van der Waals surface area contributed by atoms with E-state index in [9.17, 15) is 5.11 Å². The smallest absolute Gasteiger partial charge is 0.108 e. The average molecular weight is 242 g/mol. The van der Waals surface area contributed by atoms with Gasteiger partial charge in [0.1, 0.15) is 4.60 Å². The summed E-state index contributed by atoms with van der Waals surface area (Å²) in [7, 11) is 0. The lowest BCUT2D eigenvalue weighted by Crippen LogP contribution is -2.33. The average Bonchev–Trinajstić information content (AvgIpc) is 2.06. The molecule has 1 aromatic rings. The lowest BCUT2D eigenvalue weighted by atomic mass is 9.75. The van der Waals surface area contributed by atoms with Crippen molar-refractivity contribution in [2.24, 2.45) is 0 Å². The number of aryl methyl sites for hydroxylation is 1. The molecule has 0 amide bonds. The Kier molecular flexibility index (Phi) is 2.16. The van der Waals surface area contributed by atoms with Crippen LogP contribution in [0.5, 0.6) is 0 Å². The molecule has 0 saturated heterocycles. The molecule has 3 heteroatoms. The number of nitrogens with zero attached hydrogens (tertiary/aromatic N) is 1. The van der Waals surface area contributed by atoms with E-state index in [4.69, 9.17) is 0 Å². The van der Waals surface area contributed by atoms with Crippen molar-refractivity contribution in [3.63, 3.8) is 0 Å². The maximum atomic E-state index is 10.0. The van der Waals surface area contributed by atoms with Crippen LogP contribution in [0.25, 0.3) is 0 Å². The SMILES string of the molecule is Cc1cc(C2(O)CCC2)cnc1Br. The Morgan fingerprint density at radius 1 is 1.54 bits per heavy atom. The van der Waals surface area contributed by atoms with Gasteiger partial charge in [-0.1, -0.05) is 0 Å². The monoisotopic (exact) mass is 241 g/mol. The zero-order chi connectivity index (χ0) is 9.47. The molecule has 1 saturated carbocycles. The summed E-state index contributed by atoms with van der Waals surface area (Å²) < 4.78 is 0.860. The second-order valence-corrected chi connectivity index (χ2v) is 4.47. The fourth-order valence-electron chi connectivity index (χ4n) is 1.61. The van der Waals surface area contributed by atoms with Crippen LogP contribution >= 0.6 is 15.9 Å². The van der Waals surface area contributed by atoms with E-state index in [0.717, 1.165) is 35.0 Å². The topological polar surface area (TPSA) is 33.1 Å². The molecule has 0 aromatic carbocycles. The van der Waals surface area contributed by atoms with E-state index in [2.05, 4.69) is 20.9 Å². The predicted octanol–water partition coefficient (Wildman–Crippen LogP) is 2.52. The molecule has 0 radical (unpaired) electrons. The fraction of sp³-hybridized carbons (Fsp3) is 0.500. The summed E-state index contributed by atoms with van der Waals surface area (Å²) in [6.07, 6.45) is 4.62. The number of hydrogen-bond acceptors (Lipinski definition) is 2. The van der Waals surface area contributed by atoms with Crippen molar-refractivity contribution < 1.29 is 5.11 Å². The van der Waals surface area contributed by atoms with Gasteiger partial charge in [0, 0.05) is 11.8 Å². The molecule has 0 spiro atoms. The molecule has 0 atom stereocenters. The second-order valence-electron chi connectivity index (χ2n) is 3.72. The molecule has 1 N–H and O–H groups in total. The third-order valence-corrected chi connectivity index (χ3v) is 3.56. The van der Waals surface area contributed by atoms with E-state index in [1.54, 1.807) is 6.20 Å². The molecule has 1 aromatic heterocycles. The van der Waals surface area contributed by atoms with E-state index >= 15 is 0 Å². The van der Waals surface area contributed by atoms with Gasteiger partial charge in [0.25, 0.3) is 0 Å². The maximum Gasteiger partial charge on any atom is 0.108 e. The van der Waals surface area contributed by atoms with E-state index in [-0.39, 0.29) is 0 Å². The summed E-state index contributed by atoms with van der Waals surface area (Å²) in [4.78, 5) is 4.18. The lowest BCUT2D eigenvalue weighted by Gasteiger charge is -2.36. The fourth-order valence-corrected chi connectivity index (χ4v) is 1.83. The lowest BCUT2D eigenvalue weighted by molar-refractivity contribution is -0.0391. The molecule has 2 rings (SSSR count). The van der Waals surface area contributed by atoms with Crippen LogP contribution in [0.1, 0.15) is 30.4 Å². The van der Waals surface area contributed by atoms with Gasteiger partial charge in [-0.3, -0.25) is 0 Å². The first-order valence-corrected chi connectivity index (χ1v) is 5.26. The highest BCUT2D eigenvalue weighted by molar-refractivity contribution is 9.10.